The molecule has 7 heavy (non-hydrogen) atoms. The molecule has 0 aromatic heterocycles. The lowest BCUT2D eigenvalue weighted by atomic mass is 10.5. The van der Waals surface area contributed by atoms with Crippen LogP contribution in [0.1, 0.15) is 6.92 Å². The Morgan fingerprint density at radius 1 is 1.86 bits per heavy atom. The first-order chi connectivity index (χ1) is 3.27. The van der Waals surface area contributed by atoms with Gasteiger partial charge in [-0.1, -0.05) is 0 Å². The molecule has 2 heteroatoms. The van der Waals surface area contributed by atoms with Crippen LogP contribution in [0.5, 0.6) is 0 Å². The van der Waals surface area contributed by atoms with E-state index in [1.165, 1.54) is 0 Å². The summed E-state index contributed by atoms with van der Waals surface area (Å²) in [5.74, 6) is -0.165. The first-order valence-electron chi connectivity index (χ1n) is 2.20. The molecule has 0 unspecified atom stereocenters. The largest absolute Gasteiger partial charge is 0.374 e. The average Bonchev–Trinajstić information content (AvgIpc) is 1.61. The van der Waals surface area contributed by atoms with Crippen molar-refractivity contribution in [2.24, 2.45) is 0 Å². The number of rotatable bonds is 3. The molecule has 1 radical (unpaired) electrons. The molecule has 2 nitrogen and oxygen atoms in total. The minimum Gasteiger partial charge on any atom is -0.374 e. The highest BCUT2D eigenvalue weighted by atomic mass is 16.5. The van der Waals surface area contributed by atoms with Crippen LogP contribution in [-0.2, 0) is 9.53 Å². The van der Waals surface area contributed by atoms with Crippen molar-refractivity contribution in [2.75, 3.05) is 13.2 Å². The van der Waals surface area contributed by atoms with E-state index >= 15 is 0 Å². The van der Waals surface area contributed by atoms with E-state index in [0.29, 0.717) is 6.61 Å². The summed E-state index contributed by atoms with van der Waals surface area (Å²) in [6.45, 7) is 5.68. The van der Waals surface area contributed by atoms with Gasteiger partial charge in [-0.3, -0.25) is 4.79 Å². The first-order valence-corrected chi connectivity index (χ1v) is 2.20. The molecular weight excluding hydrogens is 92.1 g/mol. The summed E-state index contributed by atoms with van der Waals surface area (Å²) in [6, 6.07) is 0. The van der Waals surface area contributed by atoms with Crippen LogP contribution in [0.4, 0.5) is 0 Å². The summed E-state index contributed by atoms with van der Waals surface area (Å²) >= 11 is 0. The van der Waals surface area contributed by atoms with Gasteiger partial charge >= 0.3 is 0 Å². The van der Waals surface area contributed by atoms with E-state index in [2.05, 4.69) is 11.7 Å². The molecular formula is C5H9O2. The molecule has 0 N–H and O–H groups in total. The van der Waals surface area contributed by atoms with Gasteiger partial charge in [0.15, 0.2) is 5.78 Å². The maximum Gasteiger partial charge on any atom is 0.158 e. The number of carbonyl (C=O) groups excluding carboxylic acids is 1. The van der Waals surface area contributed by atoms with Crippen molar-refractivity contribution in [3.8, 4) is 0 Å². The topological polar surface area (TPSA) is 26.3 Å². The van der Waals surface area contributed by atoms with Crippen molar-refractivity contribution in [1.82, 2.24) is 0 Å². The van der Waals surface area contributed by atoms with E-state index in [9.17, 15) is 4.79 Å². The van der Waals surface area contributed by atoms with Crippen molar-refractivity contribution in [2.45, 2.75) is 6.92 Å². The van der Waals surface area contributed by atoms with E-state index in [0.717, 1.165) is 0 Å². The Morgan fingerprint density at radius 3 is 2.57 bits per heavy atom. The molecule has 0 aromatic rings. The number of ether oxygens (including phenoxy) is 1. The number of ketones is 1. The molecule has 0 spiro atoms. The highest BCUT2D eigenvalue weighted by Gasteiger charge is 1.87. The van der Waals surface area contributed by atoms with Gasteiger partial charge in [-0.15, -0.1) is 0 Å². The van der Waals surface area contributed by atoms with E-state index in [-0.39, 0.29) is 12.4 Å². The molecule has 0 saturated heterocycles. The second-order valence-electron chi connectivity index (χ2n) is 1.18. The second kappa shape index (κ2) is 3.81. The van der Waals surface area contributed by atoms with Crippen LogP contribution >= 0.6 is 0 Å². The summed E-state index contributed by atoms with van der Waals surface area (Å²) in [5.41, 5.74) is 0. The van der Waals surface area contributed by atoms with Crippen LogP contribution in [0.15, 0.2) is 0 Å². The summed E-state index contributed by atoms with van der Waals surface area (Å²) in [5, 5.41) is 0. The summed E-state index contributed by atoms with van der Waals surface area (Å²) < 4.78 is 4.68. The van der Waals surface area contributed by atoms with E-state index in [1.807, 2.05) is 6.92 Å². The quantitative estimate of drug-likeness (QED) is 0.515. The number of hydrogen-bond acceptors (Lipinski definition) is 2. The lowest BCUT2D eigenvalue weighted by Crippen LogP contribution is -2.02. The van der Waals surface area contributed by atoms with Crippen LogP contribution in [0.3, 0.4) is 0 Å². The molecule has 0 atom stereocenters. The van der Waals surface area contributed by atoms with Crippen LogP contribution in [-0.4, -0.2) is 19.0 Å². The lowest BCUT2D eigenvalue weighted by molar-refractivity contribution is -0.119. The van der Waals surface area contributed by atoms with Gasteiger partial charge in [0.05, 0.1) is 0 Å². The van der Waals surface area contributed by atoms with Gasteiger partial charge in [-0.2, -0.15) is 0 Å². The molecule has 0 bridgehead atoms. The summed E-state index contributed by atoms with van der Waals surface area (Å²) in [6.07, 6.45) is 0. The molecule has 0 aliphatic carbocycles. The molecule has 0 aliphatic rings. The van der Waals surface area contributed by atoms with Crippen molar-refractivity contribution in [3.63, 3.8) is 0 Å². The second-order valence-corrected chi connectivity index (χ2v) is 1.18. The normalized spacial score (nSPS) is 8.86. The molecule has 0 rings (SSSR count). The van der Waals surface area contributed by atoms with Crippen LogP contribution in [0.2, 0.25) is 0 Å². The predicted octanol–water partition coefficient (Wildman–Crippen LogP) is 0.426. The van der Waals surface area contributed by atoms with Crippen LogP contribution < -0.4 is 0 Å². The fourth-order valence-electron chi connectivity index (χ4n) is 0.216. The monoisotopic (exact) mass is 101 g/mol. The van der Waals surface area contributed by atoms with Crippen LogP contribution in [0, 0.1) is 6.92 Å². The molecule has 0 fully saturated rings. The van der Waals surface area contributed by atoms with Crippen molar-refractivity contribution in [1.29, 1.82) is 0 Å². The highest BCUT2D eigenvalue weighted by Crippen LogP contribution is 1.71. The Hall–Kier alpha value is -0.370. The maximum absolute atomic E-state index is 9.97. The third kappa shape index (κ3) is 5.63. The zero-order chi connectivity index (χ0) is 5.70. The third-order valence-corrected chi connectivity index (χ3v) is 0.467. The van der Waals surface area contributed by atoms with Gasteiger partial charge in [0.25, 0.3) is 0 Å². The molecule has 0 aliphatic heterocycles. The first kappa shape index (κ1) is 6.63. The zero-order valence-electron chi connectivity index (χ0n) is 4.44. The molecule has 0 aromatic carbocycles. The minimum atomic E-state index is -0.165. The Bertz CT molecular complexity index is 59.1. The van der Waals surface area contributed by atoms with E-state index in [4.69, 9.17) is 0 Å². The number of hydrogen-bond donors (Lipinski definition) is 0. The SMILES string of the molecule is [CH2]C(=O)COCC. The summed E-state index contributed by atoms with van der Waals surface area (Å²) in [4.78, 5) is 9.97. The Morgan fingerprint density at radius 2 is 2.43 bits per heavy atom. The van der Waals surface area contributed by atoms with E-state index < -0.39 is 0 Å². The van der Waals surface area contributed by atoms with Gasteiger partial charge in [-0.05, 0) is 6.92 Å². The Labute approximate surface area is 43.5 Å². The summed E-state index contributed by atoms with van der Waals surface area (Å²) in [7, 11) is 0. The molecule has 0 saturated carbocycles. The number of Topliss-reactive ketones (excluding diaryl/α,β-unsaturated/α-hetero) is 1. The Kier molecular flexibility index (Phi) is 3.61. The Balaban J connectivity index is 2.82. The smallest absolute Gasteiger partial charge is 0.158 e. The maximum atomic E-state index is 9.97. The van der Waals surface area contributed by atoms with Crippen LogP contribution in [0.25, 0.3) is 0 Å². The van der Waals surface area contributed by atoms with Gasteiger partial charge in [0, 0.05) is 13.5 Å². The minimum absolute atomic E-state index is 0.149. The predicted molar refractivity (Wildman–Crippen MR) is 26.9 cm³/mol. The van der Waals surface area contributed by atoms with E-state index in [1.54, 1.807) is 0 Å². The van der Waals surface area contributed by atoms with Gasteiger partial charge in [0.1, 0.15) is 6.61 Å². The fourth-order valence-corrected chi connectivity index (χ4v) is 0.216. The van der Waals surface area contributed by atoms with Crippen molar-refractivity contribution in [3.05, 3.63) is 6.92 Å². The molecule has 41 valence electrons. The standard InChI is InChI=1S/C5H9O2/c1-3-7-4-5(2)6/h2-4H2,1H3. The number of carbonyl (C=O) groups is 1. The highest BCUT2D eigenvalue weighted by molar-refractivity contribution is 5.83. The fraction of sp³-hybridized carbons (Fsp3) is 0.600. The molecule has 0 amide bonds. The van der Waals surface area contributed by atoms with Crippen molar-refractivity contribution >= 4 is 5.78 Å². The average molecular weight is 101 g/mol. The zero-order valence-corrected chi connectivity index (χ0v) is 4.44. The van der Waals surface area contributed by atoms with Gasteiger partial charge in [-0.25, -0.2) is 0 Å². The van der Waals surface area contributed by atoms with Crippen molar-refractivity contribution < 1.29 is 9.53 Å². The molecule has 0 heterocycles. The van der Waals surface area contributed by atoms with Gasteiger partial charge in [0.2, 0.25) is 0 Å². The lowest BCUT2D eigenvalue weighted by Gasteiger charge is -1.91. The van der Waals surface area contributed by atoms with Gasteiger partial charge < -0.3 is 4.74 Å². The third-order valence-electron chi connectivity index (χ3n) is 0.467.